The van der Waals surface area contributed by atoms with Crippen LogP contribution in [0.15, 0.2) is 35.2 Å². The lowest BCUT2D eigenvalue weighted by atomic mass is 9.80. The van der Waals surface area contributed by atoms with Crippen molar-refractivity contribution < 1.29 is 5.11 Å². The molecule has 4 N–H and O–H groups in total. The molecule has 24 heavy (non-hydrogen) atoms. The van der Waals surface area contributed by atoms with Gasteiger partial charge in [-0.3, -0.25) is 0 Å². The summed E-state index contributed by atoms with van der Waals surface area (Å²) < 4.78 is 0. The van der Waals surface area contributed by atoms with Crippen molar-refractivity contribution in [1.29, 1.82) is 0 Å². The van der Waals surface area contributed by atoms with E-state index in [4.69, 9.17) is 5.73 Å². The van der Waals surface area contributed by atoms with Crippen LogP contribution in [0.25, 0.3) is 0 Å². The van der Waals surface area contributed by atoms with Gasteiger partial charge < -0.3 is 16.2 Å². The summed E-state index contributed by atoms with van der Waals surface area (Å²) in [5, 5.41) is 12.8. The van der Waals surface area contributed by atoms with Crippen molar-refractivity contribution in [2.45, 2.75) is 43.1 Å². The molecule has 1 aromatic carbocycles. The molecule has 0 unspecified atom stereocenters. The first-order valence-corrected chi connectivity index (χ1v) is 9.34. The molecule has 3 rings (SSSR count). The summed E-state index contributed by atoms with van der Waals surface area (Å²) in [7, 11) is 0. The van der Waals surface area contributed by atoms with Gasteiger partial charge in [-0.2, -0.15) is 4.98 Å². The Balaban J connectivity index is 1.43. The molecule has 1 heterocycles. The fourth-order valence-corrected chi connectivity index (χ4v) is 3.58. The van der Waals surface area contributed by atoms with E-state index in [-0.39, 0.29) is 6.10 Å². The van der Waals surface area contributed by atoms with Gasteiger partial charge in [0.25, 0.3) is 0 Å². The Kier molecular flexibility index (Phi) is 5.58. The third-order valence-electron chi connectivity index (χ3n) is 4.21. The first-order valence-electron chi connectivity index (χ1n) is 8.36. The van der Waals surface area contributed by atoms with Crippen LogP contribution < -0.4 is 11.1 Å². The monoisotopic (exact) mass is 344 g/mol. The quantitative estimate of drug-likeness (QED) is 0.528. The Labute approximate surface area is 147 Å². The lowest BCUT2D eigenvalue weighted by molar-refractivity contribution is 0.0732. The van der Waals surface area contributed by atoms with Crippen LogP contribution in [-0.4, -0.2) is 33.5 Å². The number of nitrogens with zero attached hydrogens (tertiary/aromatic N) is 2. The van der Waals surface area contributed by atoms with Gasteiger partial charge in [-0.15, -0.1) is 11.8 Å². The predicted octanol–water partition coefficient (Wildman–Crippen LogP) is 3.20. The number of nitrogen functional groups attached to an aromatic ring is 1. The van der Waals surface area contributed by atoms with Gasteiger partial charge in [0.15, 0.2) is 0 Å². The molecule has 0 radical (unpaired) electrons. The topological polar surface area (TPSA) is 84.1 Å². The van der Waals surface area contributed by atoms with Crippen LogP contribution in [0.5, 0.6) is 0 Å². The van der Waals surface area contributed by atoms with E-state index in [1.807, 2.05) is 17.8 Å². The Morgan fingerprint density at radius 2 is 2.00 bits per heavy atom. The number of hydrogen-bond acceptors (Lipinski definition) is 6. The molecular formula is C18H24N4OS. The minimum atomic E-state index is -0.193. The lowest BCUT2D eigenvalue weighted by Gasteiger charge is -2.30. The molecule has 0 amide bonds. The molecular weight excluding hydrogens is 320 g/mol. The smallest absolute Gasteiger partial charge is 0.222 e. The number of thioether (sulfide) groups is 1. The van der Waals surface area contributed by atoms with Crippen LogP contribution in [-0.2, 0) is 0 Å². The van der Waals surface area contributed by atoms with E-state index in [1.54, 1.807) is 0 Å². The van der Waals surface area contributed by atoms with E-state index in [9.17, 15) is 5.11 Å². The van der Waals surface area contributed by atoms with Crippen molar-refractivity contribution in [2.75, 3.05) is 23.3 Å². The van der Waals surface area contributed by atoms with Gasteiger partial charge in [0.2, 0.25) is 5.95 Å². The largest absolute Gasteiger partial charge is 0.393 e. The first-order chi connectivity index (χ1) is 11.6. The van der Waals surface area contributed by atoms with Gasteiger partial charge in [0.1, 0.15) is 5.82 Å². The zero-order valence-electron chi connectivity index (χ0n) is 13.9. The SMILES string of the molecule is Cc1ccc(SCCCNc2cc(C3CC(O)C3)nc(N)n2)cc1. The first kappa shape index (κ1) is 17.0. The molecule has 1 aliphatic carbocycles. The van der Waals surface area contributed by atoms with E-state index < -0.39 is 0 Å². The van der Waals surface area contributed by atoms with E-state index in [0.717, 1.165) is 43.1 Å². The molecule has 128 valence electrons. The summed E-state index contributed by atoms with van der Waals surface area (Å²) in [6.07, 6.45) is 2.38. The Morgan fingerprint density at radius 1 is 1.25 bits per heavy atom. The normalized spacial score (nSPS) is 19.8. The molecule has 0 bridgehead atoms. The highest BCUT2D eigenvalue weighted by Gasteiger charge is 2.30. The van der Waals surface area contributed by atoms with E-state index >= 15 is 0 Å². The third kappa shape index (κ3) is 4.61. The molecule has 5 nitrogen and oxygen atoms in total. The van der Waals surface area contributed by atoms with Crippen LogP contribution in [0.1, 0.15) is 36.4 Å². The summed E-state index contributed by atoms with van der Waals surface area (Å²) in [5.74, 6) is 2.44. The number of anilines is 2. The number of aromatic nitrogens is 2. The van der Waals surface area contributed by atoms with Gasteiger partial charge >= 0.3 is 0 Å². The van der Waals surface area contributed by atoms with E-state index in [1.165, 1.54) is 10.5 Å². The van der Waals surface area contributed by atoms with Gasteiger partial charge in [-0.25, -0.2) is 4.98 Å². The molecule has 0 spiro atoms. The van der Waals surface area contributed by atoms with Gasteiger partial charge in [0.05, 0.1) is 11.8 Å². The molecule has 6 heteroatoms. The maximum absolute atomic E-state index is 9.44. The fraction of sp³-hybridized carbons (Fsp3) is 0.444. The van der Waals surface area contributed by atoms with Crippen molar-refractivity contribution in [2.24, 2.45) is 0 Å². The molecule has 0 aliphatic heterocycles. The van der Waals surface area contributed by atoms with E-state index in [2.05, 4.69) is 46.5 Å². The molecule has 1 aliphatic rings. The van der Waals surface area contributed by atoms with Crippen LogP contribution in [0.3, 0.4) is 0 Å². The minimum Gasteiger partial charge on any atom is -0.393 e. The maximum Gasteiger partial charge on any atom is 0.222 e. The summed E-state index contributed by atoms with van der Waals surface area (Å²) in [6, 6.07) is 10.6. The van der Waals surface area contributed by atoms with Crippen LogP contribution >= 0.6 is 11.8 Å². The number of nitrogens with one attached hydrogen (secondary N) is 1. The number of benzene rings is 1. The predicted molar refractivity (Wildman–Crippen MR) is 99.4 cm³/mol. The second kappa shape index (κ2) is 7.85. The Hall–Kier alpha value is -1.79. The number of nitrogens with two attached hydrogens (primary N) is 1. The van der Waals surface area contributed by atoms with Gasteiger partial charge in [-0.1, -0.05) is 17.7 Å². The molecule has 2 aromatic rings. The maximum atomic E-state index is 9.44. The highest BCUT2D eigenvalue weighted by Crippen LogP contribution is 2.36. The number of aliphatic hydroxyl groups excluding tert-OH is 1. The molecule has 0 saturated heterocycles. The highest BCUT2D eigenvalue weighted by atomic mass is 32.2. The minimum absolute atomic E-state index is 0.193. The number of aliphatic hydroxyl groups is 1. The molecule has 1 aromatic heterocycles. The van der Waals surface area contributed by atoms with Crippen LogP contribution in [0.4, 0.5) is 11.8 Å². The van der Waals surface area contributed by atoms with Gasteiger partial charge in [0, 0.05) is 23.4 Å². The standard InChI is InChI=1S/C18H24N4OS/c1-12-3-5-15(6-4-12)24-8-2-7-20-17-11-16(21-18(19)22-17)13-9-14(23)10-13/h3-6,11,13-14,23H,2,7-10H2,1H3,(H3,19,20,21,22). The highest BCUT2D eigenvalue weighted by molar-refractivity contribution is 7.99. The summed E-state index contributed by atoms with van der Waals surface area (Å²) in [5.41, 5.74) is 8.02. The van der Waals surface area contributed by atoms with Crippen molar-refractivity contribution in [1.82, 2.24) is 9.97 Å². The lowest BCUT2D eigenvalue weighted by Crippen LogP contribution is -2.27. The van der Waals surface area contributed by atoms with Crippen molar-refractivity contribution in [3.8, 4) is 0 Å². The molecule has 0 atom stereocenters. The Bertz CT molecular complexity index is 671. The third-order valence-corrected chi connectivity index (χ3v) is 5.31. The number of rotatable bonds is 7. The van der Waals surface area contributed by atoms with Crippen molar-refractivity contribution in [3.05, 3.63) is 41.6 Å². The molecule has 1 fully saturated rings. The fourth-order valence-electron chi connectivity index (χ4n) is 2.73. The second-order valence-corrected chi connectivity index (χ2v) is 7.47. The van der Waals surface area contributed by atoms with Crippen LogP contribution in [0.2, 0.25) is 0 Å². The summed E-state index contributed by atoms with van der Waals surface area (Å²) in [6.45, 7) is 2.95. The molecule has 1 saturated carbocycles. The van der Waals surface area contributed by atoms with Crippen molar-refractivity contribution >= 4 is 23.5 Å². The average Bonchev–Trinajstić information content (AvgIpc) is 2.53. The Morgan fingerprint density at radius 3 is 2.71 bits per heavy atom. The summed E-state index contributed by atoms with van der Waals surface area (Å²) >= 11 is 1.86. The van der Waals surface area contributed by atoms with Gasteiger partial charge in [-0.05, 0) is 44.1 Å². The van der Waals surface area contributed by atoms with Crippen molar-refractivity contribution in [3.63, 3.8) is 0 Å². The zero-order chi connectivity index (χ0) is 16.9. The number of aryl methyl sites for hydroxylation is 1. The summed E-state index contributed by atoms with van der Waals surface area (Å²) in [4.78, 5) is 9.84. The van der Waals surface area contributed by atoms with Crippen LogP contribution in [0, 0.1) is 6.92 Å². The van der Waals surface area contributed by atoms with E-state index in [0.29, 0.717) is 11.9 Å². The number of hydrogen-bond donors (Lipinski definition) is 3. The average molecular weight is 344 g/mol. The second-order valence-electron chi connectivity index (χ2n) is 6.30. The zero-order valence-corrected chi connectivity index (χ0v) is 14.7.